The van der Waals surface area contributed by atoms with Gasteiger partial charge in [0.25, 0.3) is 0 Å². The molecule has 0 aliphatic heterocycles. The van der Waals surface area contributed by atoms with E-state index in [9.17, 15) is 9.50 Å². The van der Waals surface area contributed by atoms with Gasteiger partial charge in [-0.2, -0.15) is 0 Å². The molecule has 30 heavy (non-hydrogen) atoms. The van der Waals surface area contributed by atoms with E-state index in [-0.39, 0.29) is 11.9 Å². The third-order valence-corrected chi connectivity index (χ3v) is 4.85. The summed E-state index contributed by atoms with van der Waals surface area (Å²) in [6.07, 6.45) is 12.4. The van der Waals surface area contributed by atoms with E-state index >= 15 is 0 Å². The van der Waals surface area contributed by atoms with Gasteiger partial charge in [0.05, 0.1) is 6.10 Å². The fourth-order valence-electron chi connectivity index (χ4n) is 3.20. The van der Waals surface area contributed by atoms with Crippen molar-refractivity contribution in [2.45, 2.75) is 38.7 Å². The van der Waals surface area contributed by atoms with Crippen molar-refractivity contribution in [3.8, 4) is 22.5 Å². The Morgan fingerprint density at radius 1 is 1.07 bits per heavy atom. The van der Waals surface area contributed by atoms with E-state index < -0.39 is 0 Å². The molecule has 4 heteroatoms. The molecule has 0 radical (unpaired) electrons. The molecule has 0 aliphatic rings. The Kier molecular flexibility index (Phi) is 7.63. The molecule has 0 amide bonds. The first kappa shape index (κ1) is 21.6. The predicted molar refractivity (Wildman–Crippen MR) is 121 cm³/mol. The van der Waals surface area contributed by atoms with Crippen molar-refractivity contribution in [2.24, 2.45) is 0 Å². The number of allylic oxidation sites excluding steroid dienone is 2. The van der Waals surface area contributed by atoms with Gasteiger partial charge < -0.3 is 5.11 Å². The van der Waals surface area contributed by atoms with Gasteiger partial charge in [-0.05, 0) is 49.8 Å². The van der Waals surface area contributed by atoms with E-state index in [1.165, 1.54) is 6.07 Å². The Morgan fingerprint density at radius 3 is 2.43 bits per heavy atom. The van der Waals surface area contributed by atoms with Gasteiger partial charge >= 0.3 is 0 Å². The maximum atomic E-state index is 14.4. The van der Waals surface area contributed by atoms with Gasteiger partial charge in [0.1, 0.15) is 5.82 Å². The van der Waals surface area contributed by atoms with Crippen LogP contribution in [0.15, 0.2) is 73.6 Å². The summed E-state index contributed by atoms with van der Waals surface area (Å²) in [6.45, 7) is 5.50. The van der Waals surface area contributed by atoms with Crippen LogP contribution in [0, 0.1) is 5.82 Å². The van der Waals surface area contributed by atoms with Gasteiger partial charge in [0, 0.05) is 29.1 Å². The second kappa shape index (κ2) is 10.6. The first-order valence-electron chi connectivity index (χ1n) is 10.2. The highest BCUT2D eigenvalue weighted by molar-refractivity contribution is 5.65. The molecule has 1 heterocycles. The predicted octanol–water partition coefficient (Wildman–Crippen LogP) is 6.24. The summed E-state index contributed by atoms with van der Waals surface area (Å²) in [4.78, 5) is 8.84. The zero-order chi connectivity index (χ0) is 21.3. The van der Waals surface area contributed by atoms with E-state index in [1.807, 2.05) is 37.3 Å². The van der Waals surface area contributed by atoms with Gasteiger partial charge in [-0.25, -0.2) is 14.4 Å². The fraction of sp³-hybridized carbons (Fsp3) is 0.231. The lowest BCUT2D eigenvalue weighted by Gasteiger charge is -2.06. The van der Waals surface area contributed by atoms with Crippen LogP contribution in [-0.4, -0.2) is 21.2 Å². The lowest BCUT2D eigenvalue weighted by Crippen LogP contribution is -1.97. The zero-order valence-corrected chi connectivity index (χ0v) is 17.3. The minimum absolute atomic E-state index is 0.239. The summed E-state index contributed by atoms with van der Waals surface area (Å²) in [5, 5.41) is 9.28. The summed E-state index contributed by atoms with van der Waals surface area (Å²) in [6, 6.07) is 13.2. The Hall–Kier alpha value is -3.11. The average Bonchev–Trinajstić information content (AvgIpc) is 2.74. The third-order valence-electron chi connectivity index (χ3n) is 4.85. The van der Waals surface area contributed by atoms with Crippen LogP contribution in [-0.2, 0) is 6.42 Å². The standard InChI is InChI=1S/C26H27FN2O/c1-3-7-21-12-15-24(25(27)16-21)23-17-28-26(29-18-23)22-13-10-20(11-14-22)9-6-4-5-8-19(2)30/h3,6,9-19,30H,1,4-5,7-8H2,2H3. The van der Waals surface area contributed by atoms with Crippen molar-refractivity contribution >= 4 is 6.08 Å². The van der Waals surface area contributed by atoms with Crippen LogP contribution >= 0.6 is 0 Å². The topological polar surface area (TPSA) is 46.0 Å². The number of aliphatic hydroxyl groups is 1. The number of hydrogen-bond donors (Lipinski definition) is 1. The molecule has 0 aliphatic carbocycles. The quantitative estimate of drug-likeness (QED) is 0.340. The number of unbranched alkanes of at least 4 members (excludes halogenated alkanes) is 1. The maximum absolute atomic E-state index is 14.4. The number of rotatable bonds is 9. The van der Waals surface area contributed by atoms with Crippen molar-refractivity contribution in [1.82, 2.24) is 9.97 Å². The molecule has 2 aromatic carbocycles. The van der Waals surface area contributed by atoms with Crippen molar-refractivity contribution in [1.29, 1.82) is 0 Å². The number of aliphatic hydroxyl groups excluding tert-OH is 1. The summed E-state index contributed by atoms with van der Waals surface area (Å²) in [5.74, 6) is 0.324. The summed E-state index contributed by atoms with van der Waals surface area (Å²) in [7, 11) is 0. The van der Waals surface area contributed by atoms with E-state index in [2.05, 4.69) is 28.7 Å². The van der Waals surface area contributed by atoms with Crippen LogP contribution in [0.2, 0.25) is 0 Å². The minimum atomic E-state index is -0.282. The molecule has 0 bridgehead atoms. The van der Waals surface area contributed by atoms with Crippen LogP contribution < -0.4 is 0 Å². The molecule has 3 aromatic rings. The van der Waals surface area contributed by atoms with Gasteiger partial charge in [-0.15, -0.1) is 6.58 Å². The molecule has 0 saturated carbocycles. The Labute approximate surface area is 177 Å². The number of hydrogen-bond acceptors (Lipinski definition) is 3. The molecule has 154 valence electrons. The van der Waals surface area contributed by atoms with E-state index in [0.29, 0.717) is 23.4 Å². The number of aromatic nitrogens is 2. The van der Waals surface area contributed by atoms with Gasteiger partial charge in [0.15, 0.2) is 5.82 Å². The highest BCUT2D eigenvalue weighted by atomic mass is 19.1. The molecule has 0 fully saturated rings. The number of halogens is 1. The number of benzene rings is 2. The highest BCUT2D eigenvalue weighted by Gasteiger charge is 2.08. The number of nitrogens with zero attached hydrogens (tertiary/aromatic N) is 2. The first-order chi connectivity index (χ1) is 14.6. The van der Waals surface area contributed by atoms with Crippen molar-refractivity contribution < 1.29 is 9.50 Å². The van der Waals surface area contributed by atoms with Gasteiger partial charge in [0.2, 0.25) is 0 Å². The lowest BCUT2D eigenvalue weighted by molar-refractivity contribution is 0.182. The minimum Gasteiger partial charge on any atom is -0.393 e. The van der Waals surface area contributed by atoms with Gasteiger partial charge in [-0.1, -0.05) is 54.6 Å². The Balaban J connectivity index is 1.66. The van der Waals surface area contributed by atoms with Crippen LogP contribution in [0.1, 0.15) is 37.3 Å². The van der Waals surface area contributed by atoms with Crippen molar-refractivity contribution in [3.63, 3.8) is 0 Å². The molecule has 3 nitrogen and oxygen atoms in total. The summed E-state index contributed by atoms with van der Waals surface area (Å²) >= 11 is 0. The molecule has 1 N–H and O–H groups in total. The SMILES string of the molecule is C=CCc1ccc(-c2cnc(-c3ccc(C=CCCCC(C)O)cc3)nc2)c(F)c1. The third kappa shape index (κ3) is 5.94. The zero-order valence-electron chi connectivity index (χ0n) is 17.3. The summed E-state index contributed by atoms with van der Waals surface area (Å²) < 4.78 is 14.4. The summed E-state index contributed by atoms with van der Waals surface area (Å²) in [5.41, 5.74) is 4.05. The average molecular weight is 403 g/mol. The molecule has 1 atom stereocenters. The Morgan fingerprint density at radius 2 is 1.80 bits per heavy atom. The highest BCUT2D eigenvalue weighted by Crippen LogP contribution is 2.24. The first-order valence-corrected chi connectivity index (χ1v) is 10.2. The largest absolute Gasteiger partial charge is 0.393 e. The molecule has 0 spiro atoms. The van der Waals surface area contributed by atoms with E-state index in [1.54, 1.807) is 24.5 Å². The molecule has 0 saturated heterocycles. The monoisotopic (exact) mass is 402 g/mol. The van der Waals surface area contributed by atoms with Crippen molar-refractivity contribution in [2.75, 3.05) is 0 Å². The van der Waals surface area contributed by atoms with Crippen LogP contribution in [0.25, 0.3) is 28.6 Å². The second-order valence-corrected chi connectivity index (χ2v) is 7.41. The smallest absolute Gasteiger partial charge is 0.159 e. The Bertz CT molecular complexity index is 993. The van der Waals surface area contributed by atoms with E-state index in [4.69, 9.17) is 0 Å². The lowest BCUT2D eigenvalue weighted by atomic mass is 10.0. The van der Waals surface area contributed by atoms with E-state index in [0.717, 1.165) is 36.0 Å². The van der Waals surface area contributed by atoms with Crippen molar-refractivity contribution in [3.05, 3.63) is 90.5 Å². The van der Waals surface area contributed by atoms with Crippen LogP contribution in [0.5, 0.6) is 0 Å². The van der Waals surface area contributed by atoms with Crippen LogP contribution in [0.4, 0.5) is 4.39 Å². The molecule has 1 aromatic heterocycles. The van der Waals surface area contributed by atoms with Crippen LogP contribution in [0.3, 0.4) is 0 Å². The second-order valence-electron chi connectivity index (χ2n) is 7.41. The molecular formula is C26H27FN2O. The molecule has 1 unspecified atom stereocenters. The fourth-order valence-corrected chi connectivity index (χ4v) is 3.20. The maximum Gasteiger partial charge on any atom is 0.159 e. The van der Waals surface area contributed by atoms with Gasteiger partial charge in [-0.3, -0.25) is 0 Å². The normalized spacial score (nSPS) is 12.2. The molecular weight excluding hydrogens is 375 g/mol. The molecule has 3 rings (SSSR count).